The second-order valence-electron chi connectivity index (χ2n) is 6.24. The Kier molecular flexibility index (Phi) is 4.61. The first kappa shape index (κ1) is 15.9. The number of hydrogen-bond acceptors (Lipinski definition) is 3. The van der Waals surface area contributed by atoms with Crippen molar-refractivity contribution in [3.63, 3.8) is 0 Å². The summed E-state index contributed by atoms with van der Waals surface area (Å²) in [5, 5.41) is 10.2. The van der Waals surface area contributed by atoms with Gasteiger partial charge in [-0.2, -0.15) is 0 Å². The summed E-state index contributed by atoms with van der Waals surface area (Å²) in [6.07, 6.45) is 1.27. The number of rotatable bonds is 3. The molecule has 1 aliphatic carbocycles. The molecule has 1 aromatic rings. The highest BCUT2D eigenvalue weighted by molar-refractivity contribution is 5.83. The summed E-state index contributed by atoms with van der Waals surface area (Å²) in [5.41, 5.74) is 0.255. The Morgan fingerprint density at radius 3 is 2.52 bits per heavy atom. The highest BCUT2D eigenvalue weighted by atomic mass is 19.1. The molecular weight excluding hydrogens is 299 g/mol. The Bertz CT molecular complexity index is 603. The lowest BCUT2D eigenvalue weighted by Crippen LogP contribution is -2.39. The summed E-state index contributed by atoms with van der Waals surface area (Å²) >= 11 is 0. The van der Waals surface area contributed by atoms with E-state index in [2.05, 4.69) is 0 Å². The van der Waals surface area contributed by atoms with E-state index in [0.29, 0.717) is 32.6 Å². The second kappa shape index (κ2) is 6.66. The van der Waals surface area contributed by atoms with E-state index in [4.69, 9.17) is 0 Å². The molecule has 2 fully saturated rings. The van der Waals surface area contributed by atoms with Gasteiger partial charge in [0, 0.05) is 32.1 Å². The molecule has 1 saturated carbocycles. The maximum Gasteiger partial charge on any atom is 0.256 e. The fourth-order valence-corrected chi connectivity index (χ4v) is 2.94. The molecule has 1 N–H and O–H groups in total. The van der Waals surface area contributed by atoms with Crippen molar-refractivity contribution in [3.05, 3.63) is 35.6 Å². The van der Waals surface area contributed by atoms with Gasteiger partial charge in [-0.3, -0.25) is 9.59 Å². The average molecular weight is 320 g/mol. The molecule has 1 heterocycles. The van der Waals surface area contributed by atoms with E-state index >= 15 is 0 Å². The second-order valence-corrected chi connectivity index (χ2v) is 6.24. The SMILES string of the molecule is O=C(C1CC1)N1CCCN(C(=O)C(O)c2cccc(F)c2)CC1. The highest BCUT2D eigenvalue weighted by Crippen LogP contribution is 2.31. The number of halogens is 1. The van der Waals surface area contributed by atoms with Crippen molar-refractivity contribution >= 4 is 11.8 Å². The van der Waals surface area contributed by atoms with Gasteiger partial charge in [-0.15, -0.1) is 0 Å². The minimum atomic E-state index is -1.36. The molecule has 1 aliphatic heterocycles. The number of carbonyl (C=O) groups is 2. The topological polar surface area (TPSA) is 60.9 Å². The van der Waals surface area contributed by atoms with Gasteiger partial charge in [0.2, 0.25) is 5.91 Å². The largest absolute Gasteiger partial charge is 0.378 e. The van der Waals surface area contributed by atoms with Crippen molar-refractivity contribution in [1.29, 1.82) is 0 Å². The molecule has 124 valence electrons. The first-order chi connectivity index (χ1) is 11.1. The minimum Gasteiger partial charge on any atom is -0.378 e. The zero-order chi connectivity index (χ0) is 16.4. The molecule has 2 amide bonds. The summed E-state index contributed by atoms with van der Waals surface area (Å²) in [4.78, 5) is 27.9. The first-order valence-corrected chi connectivity index (χ1v) is 8.07. The molecule has 5 nitrogen and oxygen atoms in total. The van der Waals surface area contributed by atoms with Gasteiger partial charge in [-0.1, -0.05) is 12.1 Å². The molecule has 2 aliphatic rings. The van der Waals surface area contributed by atoms with Gasteiger partial charge >= 0.3 is 0 Å². The summed E-state index contributed by atoms with van der Waals surface area (Å²) in [6.45, 7) is 2.05. The minimum absolute atomic E-state index is 0.176. The molecule has 1 saturated heterocycles. The summed E-state index contributed by atoms with van der Waals surface area (Å²) in [5.74, 6) is -0.553. The van der Waals surface area contributed by atoms with Gasteiger partial charge in [-0.05, 0) is 37.0 Å². The van der Waals surface area contributed by atoms with Crippen LogP contribution in [0.4, 0.5) is 4.39 Å². The molecule has 0 spiro atoms. The Balaban J connectivity index is 1.62. The zero-order valence-electron chi connectivity index (χ0n) is 12.9. The number of aliphatic hydroxyl groups is 1. The molecule has 1 atom stereocenters. The molecule has 1 aromatic carbocycles. The third kappa shape index (κ3) is 3.69. The Hall–Kier alpha value is -1.95. The number of carbonyl (C=O) groups excluding carboxylic acids is 2. The number of nitrogens with zero attached hydrogens (tertiary/aromatic N) is 2. The summed E-state index contributed by atoms with van der Waals surface area (Å²) < 4.78 is 13.2. The van der Waals surface area contributed by atoms with E-state index in [1.165, 1.54) is 24.3 Å². The van der Waals surface area contributed by atoms with E-state index in [1.807, 2.05) is 4.90 Å². The standard InChI is InChI=1S/C17H21FN2O3/c18-14-4-1-3-13(11-14)15(21)17(23)20-8-2-7-19(9-10-20)16(22)12-5-6-12/h1,3-4,11-12,15,21H,2,5-10H2. The maximum atomic E-state index is 13.2. The lowest BCUT2D eigenvalue weighted by Gasteiger charge is -2.24. The third-order valence-corrected chi connectivity index (χ3v) is 4.44. The molecular formula is C17H21FN2O3. The Labute approximate surface area is 134 Å². The normalized spacial score (nSPS) is 20.1. The number of amides is 2. The van der Waals surface area contributed by atoms with Gasteiger partial charge in [0.1, 0.15) is 5.82 Å². The van der Waals surface area contributed by atoms with Gasteiger partial charge in [0.25, 0.3) is 5.91 Å². The highest BCUT2D eigenvalue weighted by Gasteiger charge is 2.34. The smallest absolute Gasteiger partial charge is 0.256 e. The number of hydrogen-bond donors (Lipinski definition) is 1. The lowest BCUT2D eigenvalue weighted by atomic mass is 10.1. The summed E-state index contributed by atoms with van der Waals surface area (Å²) in [7, 11) is 0. The lowest BCUT2D eigenvalue weighted by molar-refractivity contribution is -0.141. The van der Waals surface area contributed by atoms with Crippen LogP contribution in [0.2, 0.25) is 0 Å². The molecule has 3 rings (SSSR count). The Morgan fingerprint density at radius 2 is 1.83 bits per heavy atom. The predicted molar refractivity (Wildman–Crippen MR) is 81.9 cm³/mol. The maximum absolute atomic E-state index is 13.2. The van der Waals surface area contributed by atoms with Crippen LogP contribution in [0.15, 0.2) is 24.3 Å². The van der Waals surface area contributed by atoms with E-state index in [9.17, 15) is 19.1 Å². The third-order valence-electron chi connectivity index (χ3n) is 4.44. The van der Waals surface area contributed by atoms with Crippen molar-refractivity contribution in [2.75, 3.05) is 26.2 Å². The van der Waals surface area contributed by atoms with Crippen LogP contribution >= 0.6 is 0 Å². The molecule has 0 aromatic heterocycles. The van der Waals surface area contributed by atoms with Crippen molar-refractivity contribution < 1.29 is 19.1 Å². The average Bonchev–Trinajstić information content (AvgIpc) is 3.39. The van der Waals surface area contributed by atoms with E-state index in [1.54, 1.807) is 4.90 Å². The number of benzene rings is 1. The van der Waals surface area contributed by atoms with Crippen LogP contribution in [-0.4, -0.2) is 52.9 Å². The van der Waals surface area contributed by atoms with Gasteiger partial charge in [-0.25, -0.2) is 4.39 Å². The fourth-order valence-electron chi connectivity index (χ4n) is 2.94. The van der Waals surface area contributed by atoms with E-state index in [0.717, 1.165) is 12.8 Å². The van der Waals surface area contributed by atoms with Crippen LogP contribution < -0.4 is 0 Å². The van der Waals surface area contributed by atoms with Gasteiger partial charge in [0.15, 0.2) is 6.10 Å². The van der Waals surface area contributed by atoms with Gasteiger partial charge < -0.3 is 14.9 Å². The molecule has 6 heteroatoms. The predicted octanol–water partition coefficient (Wildman–Crippen LogP) is 1.33. The van der Waals surface area contributed by atoms with Gasteiger partial charge in [0.05, 0.1) is 0 Å². The molecule has 23 heavy (non-hydrogen) atoms. The van der Waals surface area contributed by atoms with Crippen LogP contribution in [0, 0.1) is 11.7 Å². The quantitative estimate of drug-likeness (QED) is 0.914. The van der Waals surface area contributed by atoms with E-state index < -0.39 is 17.8 Å². The van der Waals surface area contributed by atoms with Crippen LogP contribution in [0.1, 0.15) is 30.9 Å². The van der Waals surface area contributed by atoms with Crippen molar-refractivity contribution in [3.8, 4) is 0 Å². The fraction of sp³-hybridized carbons (Fsp3) is 0.529. The Morgan fingerprint density at radius 1 is 1.13 bits per heavy atom. The monoisotopic (exact) mass is 320 g/mol. The van der Waals surface area contributed by atoms with Crippen molar-refractivity contribution in [1.82, 2.24) is 9.80 Å². The van der Waals surface area contributed by atoms with Crippen molar-refractivity contribution in [2.24, 2.45) is 5.92 Å². The number of aliphatic hydroxyl groups excluding tert-OH is 1. The molecule has 0 bridgehead atoms. The van der Waals surface area contributed by atoms with Crippen LogP contribution in [0.3, 0.4) is 0 Å². The van der Waals surface area contributed by atoms with Crippen LogP contribution in [0.5, 0.6) is 0 Å². The molecule has 1 unspecified atom stereocenters. The van der Waals surface area contributed by atoms with Crippen molar-refractivity contribution in [2.45, 2.75) is 25.4 Å². The summed E-state index contributed by atoms with van der Waals surface area (Å²) in [6, 6.07) is 5.45. The molecule has 0 radical (unpaired) electrons. The first-order valence-electron chi connectivity index (χ1n) is 8.07. The van der Waals surface area contributed by atoms with E-state index in [-0.39, 0.29) is 17.4 Å². The zero-order valence-corrected chi connectivity index (χ0v) is 12.9. The van der Waals surface area contributed by atoms with Crippen LogP contribution in [0.25, 0.3) is 0 Å². The van der Waals surface area contributed by atoms with Crippen LogP contribution in [-0.2, 0) is 9.59 Å².